The minimum atomic E-state index is -0.777. The molecule has 0 saturated heterocycles. The zero-order chi connectivity index (χ0) is 13.5. The maximum absolute atomic E-state index is 11.3. The fourth-order valence-electron chi connectivity index (χ4n) is 2.46. The number of aliphatic carboxylic acids is 1. The van der Waals surface area contributed by atoms with E-state index >= 15 is 0 Å². The zero-order valence-corrected chi connectivity index (χ0v) is 10.3. The molecule has 4 nitrogen and oxygen atoms in total. The lowest BCUT2D eigenvalue weighted by Gasteiger charge is -2.14. The maximum atomic E-state index is 11.3. The van der Waals surface area contributed by atoms with Gasteiger partial charge < -0.3 is 15.2 Å². The number of aliphatic hydroxyl groups is 1. The van der Waals surface area contributed by atoms with Crippen molar-refractivity contribution in [3.05, 3.63) is 59.4 Å². The van der Waals surface area contributed by atoms with Gasteiger partial charge in [0.2, 0.25) is 0 Å². The third-order valence-electron chi connectivity index (χ3n) is 3.85. The Morgan fingerprint density at radius 2 is 2.05 bits per heavy atom. The van der Waals surface area contributed by atoms with E-state index in [0.29, 0.717) is 12.8 Å². The molecule has 0 amide bonds. The highest BCUT2D eigenvalue weighted by Gasteiger charge is 2.51. The molecular weight excluding hydrogens is 242 g/mol. The molecule has 1 fully saturated rings. The molecule has 1 saturated carbocycles. The largest absolute Gasteiger partial charge is 0.481 e. The van der Waals surface area contributed by atoms with Crippen LogP contribution in [0.25, 0.3) is 0 Å². The van der Waals surface area contributed by atoms with Crippen LogP contribution in [0.15, 0.2) is 42.7 Å². The molecule has 0 aliphatic heterocycles. The summed E-state index contributed by atoms with van der Waals surface area (Å²) in [4.78, 5) is 14.2. The molecule has 1 aromatic heterocycles. The Kier molecular flexibility index (Phi) is 2.68. The number of carboxylic acid groups (broad SMARTS) is 1. The van der Waals surface area contributed by atoms with Gasteiger partial charge in [0.15, 0.2) is 0 Å². The molecular formula is C15H15NO3. The van der Waals surface area contributed by atoms with E-state index in [1.807, 2.05) is 18.2 Å². The van der Waals surface area contributed by atoms with E-state index in [9.17, 15) is 15.0 Å². The number of aromatic amines is 1. The quantitative estimate of drug-likeness (QED) is 0.786. The fourth-order valence-corrected chi connectivity index (χ4v) is 2.46. The lowest BCUT2D eigenvalue weighted by Crippen LogP contribution is -2.19. The van der Waals surface area contributed by atoms with Gasteiger partial charge >= 0.3 is 5.97 Å². The average Bonchev–Trinajstić information content (AvgIpc) is 3.07. The summed E-state index contributed by atoms with van der Waals surface area (Å²) in [5.74, 6) is -0.777. The number of hydrogen-bond acceptors (Lipinski definition) is 2. The van der Waals surface area contributed by atoms with Crippen molar-refractivity contribution >= 4 is 5.97 Å². The monoisotopic (exact) mass is 257 g/mol. The number of nitrogens with one attached hydrogen (secondary N) is 1. The molecule has 1 aliphatic carbocycles. The van der Waals surface area contributed by atoms with Crippen LogP contribution in [-0.4, -0.2) is 21.2 Å². The van der Waals surface area contributed by atoms with Crippen LogP contribution in [0.3, 0.4) is 0 Å². The Hall–Kier alpha value is -2.07. The number of benzene rings is 1. The second-order valence-corrected chi connectivity index (χ2v) is 5.06. The first-order valence-electron chi connectivity index (χ1n) is 6.28. The van der Waals surface area contributed by atoms with Crippen molar-refractivity contribution < 1.29 is 15.0 Å². The minimum absolute atomic E-state index is 0.673. The van der Waals surface area contributed by atoms with Gasteiger partial charge in [0.05, 0.1) is 5.41 Å². The molecule has 98 valence electrons. The highest BCUT2D eigenvalue weighted by atomic mass is 16.4. The molecule has 1 heterocycles. The molecule has 1 atom stereocenters. The summed E-state index contributed by atoms with van der Waals surface area (Å²) < 4.78 is 0. The number of H-pyrrole nitrogens is 1. The zero-order valence-electron chi connectivity index (χ0n) is 10.3. The Morgan fingerprint density at radius 1 is 1.26 bits per heavy atom. The Labute approximate surface area is 110 Å². The number of rotatable bonds is 4. The van der Waals surface area contributed by atoms with Crippen LogP contribution in [0.4, 0.5) is 0 Å². The number of aliphatic hydroxyl groups excluding tert-OH is 1. The third-order valence-corrected chi connectivity index (χ3v) is 3.85. The van der Waals surface area contributed by atoms with Gasteiger partial charge in [0.25, 0.3) is 0 Å². The van der Waals surface area contributed by atoms with Crippen LogP contribution in [-0.2, 0) is 10.2 Å². The summed E-state index contributed by atoms with van der Waals surface area (Å²) in [6, 6.07) is 9.07. The van der Waals surface area contributed by atoms with Crippen molar-refractivity contribution in [1.29, 1.82) is 0 Å². The second kappa shape index (κ2) is 4.24. The number of hydrogen-bond donors (Lipinski definition) is 3. The van der Waals surface area contributed by atoms with Gasteiger partial charge in [-0.3, -0.25) is 4.79 Å². The van der Waals surface area contributed by atoms with Crippen LogP contribution in [0.1, 0.15) is 35.6 Å². The molecule has 3 N–H and O–H groups in total. The van der Waals surface area contributed by atoms with Gasteiger partial charge in [0, 0.05) is 18.0 Å². The highest BCUT2D eigenvalue weighted by Crippen LogP contribution is 2.48. The normalized spacial score (nSPS) is 17.9. The average molecular weight is 257 g/mol. The Bertz CT molecular complexity index is 600. The molecule has 3 rings (SSSR count). The summed E-state index contributed by atoms with van der Waals surface area (Å²) in [5.41, 5.74) is 1.56. The van der Waals surface area contributed by atoms with Crippen molar-refractivity contribution in [2.75, 3.05) is 0 Å². The van der Waals surface area contributed by atoms with Crippen LogP contribution in [0.2, 0.25) is 0 Å². The van der Waals surface area contributed by atoms with Crippen LogP contribution < -0.4 is 0 Å². The number of carboxylic acids is 1. The summed E-state index contributed by atoms with van der Waals surface area (Å²) in [7, 11) is 0. The van der Waals surface area contributed by atoms with Crippen molar-refractivity contribution in [3.8, 4) is 0 Å². The predicted octanol–water partition coefficient (Wildman–Crippen LogP) is 2.21. The summed E-state index contributed by atoms with van der Waals surface area (Å²) in [5, 5.41) is 19.6. The maximum Gasteiger partial charge on any atom is 0.314 e. The van der Waals surface area contributed by atoms with Gasteiger partial charge in [0.1, 0.15) is 6.10 Å². The first-order chi connectivity index (χ1) is 9.13. The lowest BCUT2D eigenvalue weighted by atomic mass is 9.92. The molecule has 1 unspecified atom stereocenters. The predicted molar refractivity (Wildman–Crippen MR) is 69.8 cm³/mol. The molecule has 0 radical (unpaired) electrons. The molecule has 1 aliphatic rings. The third kappa shape index (κ3) is 1.94. The van der Waals surface area contributed by atoms with Gasteiger partial charge in [-0.15, -0.1) is 0 Å². The molecule has 19 heavy (non-hydrogen) atoms. The molecule has 4 heteroatoms. The fraction of sp³-hybridized carbons (Fsp3) is 0.267. The van der Waals surface area contributed by atoms with E-state index in [-0.39, 0.29) is 0 Å². The summed E-state index contributed by atoms with van der Waals surface area (Å²) in [6.45, 7) is 0. The molecule has 1 aromatic carbocycles. The number of carbonyl (C=O) groups is 1. The van der Waals surface area contributed by atoms with Crippen molar-refractivity contribution in [1.82, 2.24) is 4.98 Å². The molecule has 0 bridgehead atoms. The van der Waals surface area contributed by atoms with E-state index in [1.165, 1.54) is 0 Å². The standard InChI is InChI=1S/C15H15NO3/c17-13(11-4-7-16-9-11)10-2-1-3-12(8-10)15(5-6-15)14(18)19/h1-4,7-9,13,16-17H,5-6H2,(H,18,19). The minimum Gasteiger partial charge on any atom is -0.481 e. The van der Waals surface area contributed by atoms with Gasteiger partial charge in [-0.2, -0.15) is 0 Å². The van der Waals surface area contributed by atoms with Crippen LogP contribution in [0, 0.1) is 0 Å². The Balaban J connectivity index is 1.95. The van der Waals surface area contributed by atoms with Gasteiger partial charge in [-0.05, 0) is 30.0 Å². The van der Waals surface area contributed by atoms with E-state index in [0.717, 1.165) is 16.7 Å². The van der Waals surface area contributed by atoms with Crippen molar-refractivity contribution in [2.24, 2.45) is 0 Å². The lowest BCUT2D eigenvalue weighted by molar-refractivity contribution is -0.140. The van der Waals surface area contributed by atoms with E-state index in [4.69, 9.17) is 0 Å². The molecule has 0 spiro atoms. The molecule has 2 aromatic rings. The highest BCUT2D eigenvalue weighted by molar-refractivity contribution is 5.84. The smallest absolute Gasteiger partial charge is 0.314 e. The van der Waals surface area contributed by atoms with Gasteiger partial charge in [-0.1, -0.05) is 24.3 Å². The number of aromatic nitrogens is 1. The first kappa shape index (κ1) is 12.0. The topological polar surface area (TPSA) is 73.3 Å². The van der Waals surface area contributed by atoms with Crippen molar-refractivity contribution in [3.63, 3.8) is 0 Å². The van der Waals surface area contributed by atoms with Gasteiger partial charge in [-0.25, -0.2) is 0 Å². The second-order valence-electron chi connectivity index (χ2n) is 5.06. The Morgan fingerprint density at radius 3 is 2.63 bits per heavy atom. The van der Waals surface area contributed by atoms with E-state index in [2.05, 4.69) is 4.98 Å². The van der Waals surface area contributed by atoms with E-state index < -0.39 is 17.5 Å². The SMILES string of the molecule is O=C(O)C1(c2cccc(C(O)c3cc[nH]c3)c2)CC1. The van der Waals surface area contributed by atoms with E-state index in [1.54, 1.807) is 24.5 Å². The summed E-state index contributed by atoms with van der Waals surface area (Å²) in [6.07, 6.45) is 4.11. The van der Waals surface area contributed by atoms with Crippen LogP contribution in [0.5, 0.6) is 0 Å². The first-order valence-corrected chi connectivity index (χ1v) is 6.28. The van der Waals surface area contributed by atoms with Crippen LogP contribution >= 0.6 is 0 Å². The summed E-state index contributed by atoms with van der Waals surface area (Å²) >= 11 is 0. The van der Waals surface area contributed by atoms with Crippen molar-refractivity contribution in [2.45, 2.75) is 24.4 Å².